The minimum Gasteiger partial charge on any atom is -0.350 e. The first-order valence-electron chi connectivity index (χ1n) is 10.2. The molecule has 1 aliphatic carbocycles. The Balaban J connectivity index is 1.32. The van der Waals surface area contributed by atoms with Crippen molar-refractivity contribution in [3.63, 3.8) is 0 Å². The summed E-state index contributed by atoms with van der Waals surface area (Å²) in [5.41, 5.74) is 2.33. The molecule has 0 aliphatic heterocycles. The summed E-state index contributed by atoms with van der Waals surface area (Å²) in [6.07, 6.45) is 4.00. The number of aromatic nitrogens is 2. The van der Waals surface area contributed by atoms with Crippen LogP contribution >= 0.6 is 11.3 Å². The van der Waals surface area contributed by atoms with Gasteiger partial charge in [-0.25, -0.2) is 0 Å². The Kier molecular flexibility index (Phi) is 6.18. The Morgan fingerprint density at radius 2 is 1.87 bits per heavy atom. The van der Waals surface area contributed by atoms with E-state index in [2.05, 4.69) is 33.0 Å². The summed E-state index contributed by atoms with van der Waals surface area (Å²) in [5, 5.41) is 15.2. The standard InChI is InChI=1S/C23H24N4O2S/c1-15(10-11-16-6-3-2-4-7-16)24-20(28)18-8-5-9-19(14-18)25-21(29)23-27-26-22(30-23)17-12-13-17/h2-9,14-15,17H,10-13H2,1H3,(H,24,28)(H,25,29)/t15-/m1/s1. The van der Waals surface area contributed by atoms with Crippen molar-refractivity contribution in [3.8, 4) is 0 Å². The molecule has 1 aromatic heterocycles. The molecule has 2 N–H and O–H groups in total. The zero-order chi connectivity index (χ0) is 20.9. The number of carbonyl (C=O) groups is 2. The molecule has 154 valence electrons. The van der Waals surface area contributed by atoms with Crippen LogP contribution in [-0.2, 0) is 6.42 Å². The van der Waals surface area contributed by atoms with E-state index < -0.39 is 0 Å². The number of anilines is 1. The number of rotatable bonds is 8. The van der Waals surface area contributed by atoms with Gasteiger partial charge in [0.15, 0.2) is 0 Å². The van der Waals surface area contributed by atoms with Gasteiger partial charge in [-0.2, -0.15) is 0 Å². The molecule has 1 heterocycles. The summed E-state index contributed by atoms with van der Waals surface area (Å²) in [5.74, 6) is 0.0201. The monoisotopic (exact) mass is 420 g/mol. The lowest BCUT2D eigenvalue weighted by atomic mass is 10.1. The van der Waals surface area contributed by atoms with Gasteiger partial charge in [-0.15, -0.1) is 10.2 Å². The SMILES string of the molecule is C[C@H](CCc1ccccc1)NC(=O)c1cccc(NC(=O)c2nnc(C3CC3)s2)c1. The Morgan fingerprint density at radius 1 is 1.07 bits per heavy atom. The lowest BCUT2D eigenvalue weighted by molar-refractivity contribution is 0.0937. The quantitative estimate of drug-likeness (QED) is 0.565. The van der Waals surface area contributed by atoms with Crippen LogP contribution in [0.15, 0.2) is 54.6 Å². The Hall–Kier alpha value is -3.06. The topological polar surface area (TPSA) is 84.0 Å². The molecule has 0 saturated heterocycles. The smallest absolute Gasteiger partial charge is 0.286 e. The van der Waals surface area contributed by atoms with Gasteiger partial charge in [-0.05, 0) is 56.4 Å². The van der Waals surface area contributed by atoms with Crippen LogP contribution in [0.1, 0.15) is 62.8 Å². The molecular weight excluding hydrogens is 396 g/mol. The van der Waals surface area contributed by atoms with Gasteiger partial charge in [0.2, 0.25) is 5.01 Å². The van der Waals surface area contributed by atoms with Gasteiger partial charge in [-0.1, -0.05) is 47.7 Å². The summed E-state index contributed by atoms with van der Waals surface area (Å²) in [6, 6.07) is 17.2. The van der Waals surface area contributed by atoms with E-state index >= 15 is 0 Å². The first-order valence-corrected chi connectivity index (χ1v) is 11.0. The van der Waals surface area contributed by atoms with Crippen LogP contribution in [0.3, 0.4) is 0 Å². The second-order valence-corrected chi connectivity index (χ2v) is 8.66. The third-order valence-electron chi connectivity index (χ3n) is 5.03. The van der Waals surface area contributed by atoms with E-state index in [1.165, 1.54) is 16.9 Å². The van der Waals surface area contributed by atoms with Gasteiger partial charge >= 0.3 is 0 Å². The zero-order valence-corrected chi connectivity index (χ0v) is 17.6. The van der Waals surface area contributed by atoms with E-state index in [4.69, 9.17) is 0 Å². The number of nitrogens with zero attached hydrogens (tertiary/aromatic N) is 2. The van der Waals surface area contributed by atoms with Crippen molar-refractivity contribution in [3.05, 3.63) is 75.7 Å². The van der Waals surface area contributed by atoms with Crippen molar-refractivity contribution in [2.24, 2.45) is 0 Å². The normalized spacial score (nSPS) is 14.2. The van der Waals surface area contributed by atoms with E-state index in [-0.39, 0.29) is 17.9 Å². The minimum absolute atomic E-state index is 0.0400. The van der Waals surface area contributed by atoms with Crippen LogP contribution in [0, 0.1) is 0 Å². The Labute approximate surface area is 179 Å². The maximum absolute atomic E-state index is 12.6. The first-order chi connectivity index (χ1) is 14.6. The molecule has 2 amide bonds. The molecule has 4 rings (SSSR count). The van der Waals surface area contributed by atoms with E-state index in [1.54, 1.807) is 24.3 Å². The van der Waals surface area contributed by atoms with Gasteiger partial charge in [-0.3, -0.25) is 9.59 Å². The fourth-order valence-corrected chi connectivity index (χ4v) is 4.06. The second kappa shape index (κ2) is 9.17. The number of benzene rings is 2. The van der Waals surface area contributed by atoms with Gasteiger partial charge in [0, 0.05) is 23.2 Å². The molecule has 1 aliphatic rings. The van der Waals surface area contributed by atoms with Crippen molar-refractivity contribution in [2.45, 2.75) is 44.6 Å². The maximum atomic E-state index is 12.6. The van der Waals surface area contributed by atoms with Crippen LogP contribution < -0.4 is 10.6 Å². The van der Waals surface area contributed by atoms with Crippen LogP contribution in [-0.4, -0.2) is 28.1 Å². The summed E-state index contributed by atoms with van der Waals surface area (Å²) in [6.45, 7) is 2.00. The molecule has 1 atom stereocenters. The van der Waals surface area contributed by atoms with Gasteiger partial charge in [0.1, 0.15) is 5.01 Å². The molecule has 6 nitrogen and oxygen atoms in total. The first kappa shape index (κ1) is 20.2. The predicted octanol–water partition coefficient (Wildman–Crippen LogP) is 4.42. The highest BCUT2D eigenvalue weighted by Crippen LogP contribution is 2.41. The molecule has 0 unspecified atom stereocenters. The number of hydrogen-bond acceptors (Lipinski definition) is 5. The van der Waals surface area contributed by atoms with Crippen molar-refractivity contribution in [1.82, 2.24) is 15.5 Å². The molecule has 7 heteroatoms. The summed E-state index contributed by atoms with van der Waals surface area (Å²) in [4.78, 5) is 25.1. The van der Waals surface area contributed by atoms with Gasteiger partial charge < -0.3 is 10.6 Å². The lowest BCUT2D eigenvalue weighted by Crippen LogP contribution is -2.32. The average molecular weight is 421 g/mol. The molecule has 0 bridgehead atoms. The fourth-order valence-electron chi connectivity index (χ4n) is 3.15. The molecular formula is C23H24N4O2S. The number of aryl methyl sites for hydroxylation is 1. The summed E-state index contributed by atoms with van der Waals surface area (Å²) >= 11 is 1.34. The zero-order valence-electron chi connectivity index (χ0n) is 16.8. The molecule has 1 fully saturated rings. The summed E-state index contributed by atoms with van der Waals surface area (Å²) < 4.78 is 0. The molecule has 0 radical (unpaired) electrons. The molecule has 30 heavy (non-hydrogen) atoms. The number of hydrogen-bond donors (Lipinski definition) is 2. The molecule has 2 aromatic carbocycles. The van der Waals surface area contributed by atoms with E-state index in [1.807, 2.05) is 25.1 Å². The van der Waals surface area contributed by atoms with Crippen molar-refractivity contribution < 1.29 is 9.59 Å². The van der Waals surface area contributed by atoms with Gasteiger partial charge in [0.05, 0.1) is 0 Å². The third kappa shape index (κ3) is 5.30. The van der Waals surface area contributed by atoms with Crippen molar-refractivity contribution in [1.29, 1.82) is 0 Å². The maximum Gasteiger partial charge on any atom is 0.286 e. The minimum atomic E-state index is -0.298. The highest BCUT2D eigenvalue weighted by atomic mass is 32.1. The Morgan fingerprint density at radius 3 is 2.63 bits per heavy atom. The number of amides is 2. The van der Waals surface area contributed by atoms with Crippen molar-refractivity contribution in [2.75, 3.05) is 5.32 Å². The van der Waals surface area contributed by atoms with E-state index in [0.717, 1.165) is 30.7 Å². The molecule has 3 aromatic rings. The highest BCUT2D eigenvalue weighted by molar-refractivity contribution is 7.13. The highest BCUT2D eigenvalue weighted by Gasteiger charge is 2.28. The van der Waals surface area contributed by atoms with Crippen LogP contribution in [0.4, 0.5) is 5.69 Å². The van der Waals surface area contributed by atoms with Crippen LogP contribution in [0.2, 0.25) is 0 Å². The van der Waals surface area contributed by atoms with Crippen LogP contribution in [0.25, 0.3) is 0 Å². The van der Waals surface area contributed by atoms with E-state index in [9.17, 15) is 9.59 Å². The van der Waals surface area contributed by atoms with E-state index in [0.29, 0.717) is 22.2 Å². The molecule has 0 spiro atoms. The number of carbonyl (C=O) groups excluding carboxylic acids is 2. The lowest BCUT2D eigenvalue weighted by Gasteiger charge is -2.14. The number of nitrogens with one attached hydrogen (secondary N) is 2. The van der Waals surface area contributed by atoms with Crippen molar-refractivity contribution >= 4 is 28.8 Å². The van der Waals surface area contributed by atoms with Crippen LogP contribution in [0.5, 0.6) is 0 Å². The predicted molar refractivity (Wildman–Crippen MR) is 118 cm³/mol. The Bertz CT molecular complexity index is 1030. The largest absolute Gasteiger partial charge is 0.350 e. The van der Waals surface area contributed by atoms with Gasteiger partial charge in [0.25, 0.3) is 11.8 Å². The molecule has 1 saturated carbocycles. The third-order valence-corrected chi connectivity index (χ3v) is 6.11. The summed E-state index contributed by atoms with van der Waals surface area (Å²) in [7, 11) is 0. The second-order valence-electron chi connectivity index (χ2n) is 7.65. The average Bonchev–Trinajstić information content (AvgIpc) is 3.49. The fraction of sp³-hybridized carbons (Fsp3) is 0.304.